The highest BCUT2D eigenvalue weighted by Gasteiger charge is 1.89. The molecular weight excluding hydrogens is 140 g/mol. The van der Waals surface area contributed by atoms with Gasteiger partial charge in [0.05, 0.1) is 5.56 Å². The molecule has 0 fully saturated rings. The first kappa shape index (κ1) is 7.11. The van der Waals surface area contributed by atoms with E-state index in [0.29, 0.717) is 5.56 Å². The Kier molecular flexibility index (Phi) is 2.09. The van der Waals surface area contributed by atoms with Gasteiger partial charge in [-0.3, -0.25) is 4.79 Å². The molecule has 1 N–H and O–H groups in total. The van der Waals surface area contributed by atoms with Crippen molar-refractivity contribution in [3.8, 4) is 17.9 Å². The van der Waals surface area contributed by atoms with E-state index in [1.54, 1.807) is 6.07 Å². The van der Waals surface area contributed by atoms with E-state index in [1.165, 1.54) is 18.5 Å². The SMILES string of the molecule is N#CC#Cc1c[nH]ccc1=O. The van der Waals surface area contributed by atoms with Crippen LogP contribution in [0.2, 0.25) is 0 Å². The third-order valence-electron chi connectivity index (χ3n) is 1.08. The van der Waals surface area contributed by atoms with Crippen LogP contribution in [0.3, 0.4) is 0 Å². The Hall–Kier alpha value is -2.00. The highest BCUT2D eigenvalue weighted by Crippen LogP contribution is 1.81. The Bertz CT molecular complexity index is 400. The van der Waals surface area contributed by atoms with E-state index in [9.17, 15) is 4.79 Å². The van der Waals surface area contributed by atoms with Gasteiger partial charge in [0.25, 0.3) is 0 Å². The molecule has 1 aromatic heterocycles. The molecule has 1 heterocycles. The van der Waals surface area contributed by atoms with Crippen LogP contribution in [-0.4, -0.2) is 4.98 Å². The zero-order chi connectivity index (χ0) is 8.10. The van der Waals surface area contributed by atoms with Gasteiger partial charge in [0.15, 0.2) is 11.5 Å². The summed E-state index contributed by atoms with van der Waals surface area (Å²) in [4.78, 5) is 13.6. The molecule has 3 heteroatoms. The lowest BCUT2D eigenvalue weighted by Gasteiger charge is -1.83. The van der Waals surface area contributed by atoms with Gasteiger partial charge in [0.1, 0.15) is 0 Å². The molecule has 0 aromatic carbocycles. The van der Waals surface area contributed by atoms with E-state index in [4.69, 9.17) is 5.26 Å². The van der Waals surface area contributed by atoms with Gasteiger partial charge >= 0.3 is 0 Å². The largest absolute Gasteiger partial charge is 0.366 e. The third kappa shape index (κ3) is 1.70. The number of nitrogens with one attached hydrogen (secondary N) is 1. The Labute approximate surface area is 63.3 Å². The summed E-state index contributed by atoms with van der Waals surface area (Å²) in [6.07, 6.45) is 2.98. The van der Waals surface area contributed by atoms with Crippen LogP contribution in [0.25, 0.3) is 0 Å². The first-order chi connectivity index (χ1) is 5.34. The van der Waals surface area contributed by atoms with Crippen molar-refractivity contribution < 1.29 is 0 Å². The molecule has 1 rings (SSSR count). The molecule has 1 aromatic rings. The van der Waals surface area contributed by atoms with E-state index in [2.05, 4.69) is 16.8 Å². The molecule has 52 valence electrons. The third-order valence-corrected chi connectivity index (χ3v) is 1.08. The molecule has 0 bridgehead atoms. The molecule has 0 saturated carbocycles. The Morgan fingerprint density at radius 2 is 2.36 bits per heavy atom. The maximum absolute atomic E-state index is 10.9. The number of hydrogen-bond donors (Lipinski definition) is 1. The zero-order valence-electron chi connectivity index (χ0n) is 5.59. The highest BCUT2D eigenvalue weighted by molar-refractivity contribution is 5.35. The summed E-state index contributed by atoms with van der Waals surface area (Å²) >= 11 is 0. The van der Waals surface area contributed by atoms with E-state index in [1.807, 2.05) is 0 Å². The van der Waals surface area contributed by atoms with Gasteiger partial charge < -0.3 is 4.98 Å². The van der Waals surface area contributed by atoms with Gasteiger partial charge in [0.2, 0.25) is 0 Å². The van der Waals surface area contributed by atoms with E-state index in [-0.39, 0.29) is 5.43 Å². The monoisotopic (exact) mass is 144 g/mol. The van der Waals surface area contributed by atoms with E-state index < -0.39 is 0 Å². The molecule has 0 spiro atoms. The predicted molar refractivity (Wildman–Crippen MR) is 39.6 cm³/mol. The van der Waals surface area contributed by atoms with Crippen molar-refractivity contribution in [2.24, 2.45) is 0 Å². The predicted octanol–water partition coefficient (Wildman–Crippen LogP) is 0.250. The lowest BCUT2D eigenvalue weighted by atomic mass is 10.3. The molecule has 11 heavy (non-hydrogen) atoms. The number of hydrogen-bond acceptors (Lipinski definition) is 2. The van der Waals surface area contributed by atoms with Crippen LogP contribution in [0.4, 0.5) is 0 Å². The summed E-state index contributed by atoms with van der Waals surface area (Å²) in [6.45, 7) is 0. The van der Waals surface area contributed by atoms with Crippen molar-refractivity contribution in [1.82, 2.24) is 4.98 Å². The van der Waals surface area contributed by atoms with Gasteiger partial charge in [-0.05, 0) is 5.92 Å². The fraction of sp³-hybridized carbons (Fsp3) is 0. The van der Waals surface area contributed by atoms with Crippen LogP contribution in [0.15, 0.2) is 23.3 Å². The summed E-state index contributed by atoms with van der Waals surface area (Å²) in [5.41, 5.74) is 0.139. The summed E-state index contributed by atoms with van der Waals surface area (Å²) in [7, 11) is 0. The Balaban J connectivity index is 3.18. The number of pyridine rings is 1. The van der Waals surface area contributed by atoms with Gasteiger partial charge in [-0.25, -0.2) is 0 Å². The first-order valence-electron chi connectivity index (χ1n) is 2.92. The van der Waals surface area contributed by atoms with Crippen molar-refractivity contribution in [3.63, 3.8) is 0 Å². The quantitative estimate of drug-likeness (QED) is 0.530. The summed E-state index contributed by atoms with van der Waals surface area (Å²) < 4.78 is 0. The second-order valence-electron chi connectivity index (χ2n) is 1.78. The second-order valence-corrected chi connectivity index (χ2v) is 1.78. The van der Waals surface area contributed by atoms with Crippen molar-refractivity contribution in [2.45, 2.75) is 0 Å². The van der Waals surface area contributed by atoms with E-state index in [0.717, 1.165) is 0 Å². The summed E-state index contributed by atoms with van der Waals surface area (Å²) in [6, 6.07) is 2.99. The van der Waals surface area contributed by atoms with E-state index >= 15 is 0 Å². The molecule has 0 unspecified atom stereocenters. The molecular formula is C8H4N2O. The number of aromatic amines is 1. The molecule has 0 aliphatic rings. The molecule has 0 radical (unpaired) electrons. The van der Waals surface area contributed by atoms with Crippen LogP contribution in [0, 0.1) is 23.2 Å². The van der Waals surface area contributed by atoms with Crippen LogP contribution in [0.5, 0.6) is 0 Å². The van der Waals surface area contributed by atoms with Crippen LogP contribution in [0.1, 0.15) is 5.56 Å². The fourth-order valence-electron chi connectivity index (χ4n) is 0.609. The number of H-pyrrole nitrogens is 1. The molecule has 0 saturated heterocycles. The minimum Gasteiger partial charge on any atom is -0.366 e. The molecule has 0 amide bonds. The maximum Gasteiger partial charge on any atom is 0.197 e. The number of rotatable bonds is 0. The van der Waals surface area contributed by atoms with Gasteiger partial charge in [-0.2, -0.15) is 5.26 Å². The number of nitrogens with zero attached hydrogens (tertiary/aromatic N) is 1. The minimum atomic E-state index is -0.175. The topological polar surface area (TPSA) is 56.6 Å². The smallest absolute Gasteiger partial charge is 0.197 e. The number of nitriles is 1. The highest BCUT2D eigenvalue weighted by atomic mass is 16.1. The lowest BCUT2D eigenvalue weighted by Crippen LogP contribution is -2.02. The molecule has 0 aliphatic carbocycles. The first-order valence-corrected chi connectivity index (χ1v) is 2.92. The van der Waals surface area contributed by atoms with Crippen LogP contribution >= 0.6 is 0 Å². The summed E-state index contributed by atoms with van der Waals surface area (Å²) in [5, 5.41) is 8.08. The zero-order valence-corrected chi connectivity index (χ0v) is 5.59. The summed E-state index contributed by atoms with van der Waals surface area (Å²) in [5.74, 6) is 4.55. The molecule has 0 atom stereocenters. The average Bonchev–Trinajstić information content (AvgIpc) is 2.03. The minimum absolute atomic E-state index is 0.175. The van der Waals surface area contributed by atoms with Crippen molar-refractivity contribution in [2.75, 3.05) is 0 Å². The normalized spacial score (nSPS) is 7.55. The average molecular weight is 144 g/mol. The maximum atomic E-state index is 10.9. The second kappa shape index (κ2) is 3.24. The van der Waals surface area contributed by atoms with Crippen molar-refractivity contribution in [3.05, 3.63) is 34.2 Å². The van der Waals surface area contributed by atoms with Gasteiger partial charge in [0, 0.05) is 24.4 Å². The fourth-order valence-corrected chi connectivity index (χ4v) is 0.609. The van der Waals surface area contributed by atoms with Crippen molar-refractivity contribution in [1.29, 1.82) is 5.26 Å². The van der Waals surface area contributed by atoms with Crippen LogP contribution < -0.4 is 5.43 Å². The standard InChI is InChI=1S/C8H4N2O/c9-4-1-2-7-6-10-5-3-8(7)11/h3,5-6H,(H,10,11). The van der Waals surface area contributed by atoms with Gasteiger partial charge in [-0.1, -0.05) is 0 Å². The van der Waals surface area contributed by atoms with Crippen LogP contribution in [-0.2, 0) is 0 Å². The Morgan fingerprint density at radius 1 is 1.55 bits per heavy atom. The Morgan fingerprint density at radius 3 is 3.00 bits per heavy atom. The molecule has 3 nitrogen and oxygen atoms in total. The van der Waals surface area contributed by atoms with Gasteiger partial charge in [-0.15, -0.1) is 0 Å². The lowest BCUT2D eigenvalue weighted by molar-refractivity contribution is 1.29. The molecule has 0 aliphatic heterocycles. The van der Waals surface area contributed by atoms with Crippen molar-refractivity contribution >= 4 is 0 Å². The number of aromatic nitrogens is 1.